The number of fused-ring (bicyclic) bond motifs is 5. The van der Waals surface area contributed by atoms with Crippen molar-refractivity contribution in [1.29, 1.82) is 0 Å². The van der Waals surface area contributed by atoms with E-state index >= 15 is 0 Å². The van der Waals surface area contributed by atoms with Crippen molar-refractivity contribution in [3.05, 3.63) is 36.4 Å². The van der Waals surface area contributed by atoms with Crippen LogP contribution in [-0.4, -0.2) is 25.2 Å². The largest absolute Gasteiger partial charge is 0.487 e. The second kappa shape index (κ2) is 3.42. The molecular weight excluding hydrogens is 224 g/mol. The standard InChI is InChI=1S/C15H14N2O/c1-17-8-9-18-15-13(17)7-6-11-10-4-2-3-5-12(10)16-14(11)15/h2-7,16H,8-9H2,1H3. The first-order chi connectivity index (χ1) is 8.84. The molecule has 4 rings (SSSR count). The molecule has 1 aromatic heterocycles. The van der Waals surface area contributed by atoms with Crippen molar-refractivity contribution in [2.45, 2.75) is 0 Å². The fourth-order valence-corrected chi connectivity index (χ4v) is 2.73. The minimum Gasteiger partial charge on any atom is -0.487 e. The molecule has 0 aliphatic carbocycles. The van der Waals surface area contributed by atoms with Crippen LogP contribution >= 0.6 is 0 Å². The fraction of sp³-hybridized carbons (Fsp3) is 0.200. The number of benzene rings is 2. The summed E-state index contributed by atoms with van der Waals surface area (Å²) in [5, 5.41) is 2.49. The summed E-state index contributed by atoms with van der Waals surface area (Å²) in [6.45, 7) is 1.69. The van der Waals surface area contributed by atoms with Crippen LogP contribution in [0.2, 0.25) is 0 Å². The van der Waals surface area contributed by atoms with E-state index in [1.807, 2.05) is 0 Å². The van der Waals surface area contributed by atoms with Crippen molar-refractivity contribution in [2.24, 2.45) is 0 Å². The number of hydrogen-bond acceptors (Lipinski definition) is 2. The first-order valence-electron chi connectivity index (χ1n) is 6.22. The highest BCUT2D eigenvalue weighted by molar-refractivity contribution is 6.10. The lowest BCUT2D eigenvalue weighted by molar-refractivity contribution is 0.314. The number of aromatic amines is 1. The number of ether oxygens (including phenoxy) is 1. The normalized spacial score (nSPS) is 14.8. The molecule has 2 heterocycles. The summed E-state index contributed by atoms with van der Waals surface area (Å²) in [6, 6.07) is 12.7. The summed E-state index contributed by atoms with van der Waals surface area (Å²) in [5.41, 5.74) is 3.44. The summed E-state index contributed by atoms with van der Waals surface area (Å²) in [5.74, 6) is 0.984. The molecule has 0 saturated heterocycles. The van der Waals surface area contributed by atoms with Crippen molar-refractivity contribution >= 4 is 27.5 Å². The van der Waals surface area contributed by atoms with Gasteiger partial charge in [-0.25, -0.2) is 0 Å². The zero-order valence-corrected chi connectivity index (χ0v) is 10.2. The highest BCUT2D eigenvalue weighted by Gasteiger charge is 2.19. The number of nitrogens with one attached hydrogen (secondary N) is 1. The highest BCUT2D eigenvalue weighted by Crippen LogP contribution is 2.40. The van der Waals surface area contributed by atoms with Crippen LogP contribution in [0.1, 0.15) is 0 Å². The molecule has 18 heavy (non-hydrogen) atoms. The zero-order chi connectivity index (χ0) is 12.1. The summed E-state index contributed by atoms with van der Waals surface area (Å²) in [7, 11) is 2.11. The molecule has 1 aliphatic rings. The van der Waals surface area contributed by atoms with Crippen LogP contribution in [0.5, 0.6) is 5.75 Å². The SMILES string of the molecule is CN1CCOc2c1ccc1c2[nH]c2ccccc21. The Morgan fingerprint density at radius 2 is 2.00 bits per heavy atom. The average molecular weight is 238 g/mol. The lowest BCUT2D eigenvalue weighted by Crippen LogP contribution is -2.28. The molecule has 1 aliphatic heterocycles. The Balaban J connectivity index is 2.14. The second-order valence-electron chi connectivity index (χ2n) is 4.78. The van der Waals surface area contributed by atoms with Gasteiger partial charge in [-0.1, -0.05) is 18.2 Å². The van der Waals surface area contributed by atoms with Gasteiger partial charge >= 0.3 is 0 Å². The predicted octanol–water partition coefficient (Wildman–Crippen LogP) is 3.15. The van der Waals surface area contributed by atoms with Crippen molar-refractivity contribution < 1.29 is 4.74 Å². The van der Waals surface area contributed by atoms with Gasteiger partial charge in [0.25, 0.3) is 0 Å². The van der Waals surface area contributed by atoms with E-state index < -0.39 is 0 Å². The number of aromatic nitrogens is 1. The molecule has 0 unspecified atom stereocenters. The van der Waals surface area contributed by atoms with E-state index in [-0.39, 0.29) is 0 Å². The first kappa shape index (κ1) is 9.83. The molecule has 3 heteroatoms. The van der Waals surface area contributed by atoms with E-state index in [9.17, 15) is 0 Å². The number of para-hydroxylation sites is 1. The van der Waals surface area contributed by atoms with Gasteiger partial charge in [-0.05, 0) is 18.2 Å². The maximum Gasteiger partial charge on any atom is 0.166 e. The summed E-state index contributed by atoms with van der Waals surface area (Å²) < 4.78 is 5.86. The molecular formula is C15H14N2O. The van der Waals surface area contributed by atoms with E-state index in [1.165, 1.54) is 16.5 Å². The van der Waals surface area contributed by atoms with Gasteiger partial charge in [-0.15, -0.1) is 0 Å². The van der Waals surface area contributed by atoms with Crippen LogP contribution in [-0.2, 0) is 0 Å². The summed E-state index contributed by atoms with van der Waals surface area (Å²) in [4.78, 5) is 5.71. The minimum atomic E-state index is 0.748. The Bertz CT molecular complexity index is 745. The van der Waals surface area contributed by atoms with Crippen molar-refractivity contribution in [2.75, 3.05) is 25.1 Å². The molecule has 0 atom stereocenters. The third-order valence-corrected chi connectivity index (χ3v) is 3.70. The van der Waals surface area contributed by atoms with Crippen LogP contribution in [0.4, 0.5) is 5.69 Å². The topological polar surface area (TPSA) is 28.3 Å². The molecule has 3 aromatic rings. The lowest BCUT2D eigenvalue weighted by atomic mass is 10.1. The van der Waals surface area contributed by atoms with Crippen molar-refractivity contribution in [3.8, 4) is 5.75 Å². The molecule has 0 bridgehead atoms. The van der Waals surface area contributed by atoms with E-state index in [1.54, 1.807) is 0 Å². The molecule has 0 radical (unpaired) electrons. The minimum absolute atomic E-state index is 0.748. The highest BCUT2D eigenvalue weighted by atomic mass is 16.5. The van der Waals surface area contributed by atoms with E-state index in [0.717, 1.165) is 29.9 Å². The maximum absolute atomic E-state index is 5.86. The number of rotatable bonds is 0. The molecule has 3 nitrogen and oxygen atoms in total. The first-order valence-corrected chi connectivity index (χ1v) is 6.22. The van der Waals surface area contributed by atoms with Gasteiger partial charge in [0.15, 0.2) is 5.75 Å². The Morgan fingerprint density at radius 3 is 2.94 bits per heavy atom. The van der Waals surface area contributed by atoms with Gasteiger partial charge < -0.3 is 14.6 Å². The van der Waals surface area contributed by atoms with Crippen LogP contribution in [0.15, 0.2) is 36.4 Å². The molecule has 90 valence electrons. The Hall–Kier alpha value is -2.16. The smallest absolute Gasteiger partial charge is 0.166 e. The van der Waals surface area contributed by atoms with Crippen molar-refractivity contribution in [3.63, 3.8) is 0 Å². The number of likely N-dealkylation sites (N-methyl/N-ethyl adjacent to an activating group) is 1. The monoisotopic (exact) mass is 238 g/mol. The molecule has 0 spiro atoms. The predicted molar refractivity (Wildman–Crippen MR) is 74.6 cm³/mol. The Kier molecular flexibility index (Phi) is 1.87. The van der Waals surface area contributed by atoms with Gasteiger partial charge in [0, 0.05) is 23.3 Å². The van der Waals surface area contributed by atoms with E-state index in [4.69, 9.17) is 4.74 Å². The quantitative estimate of drug-likeness (QED) is 0.651. The van der Waals surface area contributed by atoms with Gasteiger partial charge in [0.05, 0.1) is 17.7 Å². The number of hydrogen-bond donors (Lipinski definition) is 1. The lowest BCUT2D eigenvalue weighted by Gasteiger charge is -2.27. The third kappa shape index (κ3) is 1.19. The average Bonchev–Trinajstić information content (AvgIpc) is 2.78. The van der Waals surface area contributed by atoms with Crippen LogP contribution in [0.3, 0.4) is 0 Å². The maximum atomic E-state index is 5.86. The van der Waals surface area contributed by atoms with Crippen LogP contribution in [0.25, 0.3) is 21.8 Å². The fourth-order valence-electron chi connectivity index (χ4n) is 2.73. The number of anilines is 1. The Morgan fingerprint density at radius 1 is 1.11 bits per heavy atom. The molecule has 0 saturated carbocycles. The second-order valence-corrected chi connectivity index (χ2v) is 4.78. The summed E-state index contributed by atoms with van der Waals surface area (Å²) >= 11 is 0. The van der Waals surface area contributed by atoms with Gasteiger partial charge in [-0.2, -0.15) is 0 Å². The summed E-state index contributed by atoms with van der Waals surface area (Å²) in [6.07, 6.45) is 0. The van der Waals surface area contributed by atoms with Crippen LogP contribution < -0.4 is 9.64 Å². The number of H-pyrrole nitrogens is 1. The van der Waals surface area contributed by atoms with Crippen molar-refractivity contribution in [1.82, 2.24) is 4.98 Å². The van der Waals surface area contributed by atoms with Crippen LogP contribution in [0, 0.1) is 0 Å². The van der Waals surface area contributed by atoms with E-state index in [0.29, 0.717) is 0 Å². The van der Waals surface area contributed by atoms with E-state index in [2.05, 4.69) is 53.3 Å². The molecule has 0 amide bonds. The van der Waals surface area contributed by atoms with Gasteiger partial charge in [0.1, 0.15) is 6.61 Å². The number of nitrogens with zero attached hydrogens (tertiary/aromatic N) is 1. The molecule has 2 aromatic carbocycles. The molecule has 1 N–H and O–H groups in total. The Labute approximate surface area is 105 Å². The van der Waals surface area contributed by atoms with Gasteiger partial charge in [0.2, 0.25) is 0 Å². The molecule has 0 fully saturated rings. The van der Waals surface area contributed by atoms with Gasteiger partial charge in [-0.3, -0.25) is 0 Å². The zero-order valence-electron chi connectivity index (χ0n) is 10.2. The third-order valence-electron chi connectivity index (χ3n) is 3.70.